The number of anilines is 1. The molecule has 3 rings (SSSR count). The number of carboxylic acid groups (broad SMARTS) is 1. The highest BCUT2D eigenvalue weighted by Gasteiger charge is 2.24. The molecule has 0 aliphatic carbocycles. The second-order valence-corrected chi connectivity index (χ2v) is 7.02. The van der Waals surface area contributed by atoms with Gasteiger partial charge < -0.3 is 35.9 Å². The Morgan fingerprint density at radius 1 is 1.03 bits per heavy atom. The van der Waals surface area contributed by atoms with Gasteiger partial charge in [-0.05, 0) is 42.0 Å². The van der Waals surface area contributed by atoms with Crippen LogP contribution in [-0.4, -0.2) is 40.4 Å². The van der Waals surface area contributed by atoms with Crippen LogP contribution in [0.2, 0.25) is 0 Å². The number of ether oxygens (including phenoxy) is 2. The zero-order valence-electron chi connectivity index (χ0n) is 17.7. The molecule has 0 saturated heterocycles. The number of oxime groups is 1. The van der Waals surface area contributed by atoms with Gasteiger partial charge in [0.25, 0.3) is 0 Å². The van der Waals surface area contributed by atoms with E-state index in [9.17, 15) is 15.0 Å². The number of carbonyl (C=O) groups is 1. The standard InChI is InChI=1S/C24H25N3O6/c25-23(27-31)17-6-8-18(9-7-17)26-22(24(29)30)20-11-10-19(14-21(20)32-13-12-28)33-15-16-4-2-1-3-5-16/h1-11,14,22,26,28,31H,12-13,15H2,(H2,25,27)(H,29,30). The SMILES string of the molecule is NC(=NO)c1ccc(NC(C(=O)O)c2ccc(OCc3ccccc3)cc2OCCO)cc1. The van der Waals surface area contributed by atoms with Crippen molar-refractivity contribution < 1.29 is 29.7 Å². The Labute approximate surface area is 190 Å². The third-order valence-electron chi connectivity index (χ3n) is 4.74. The summed E-state index contributed by atoms with van der Waals surface area (Å²) in [6, 6.07) is 19.8. The minimum absolute atomic E-state index is 0.00402. The molecule has 3 aromatic rings. The quantitative estimate of drug-likeness (QED) is 0.129. The Morgan fingerprint density at radius 3 is 2.39 bits per heavy atom. The second kappa shape index (κ2) is 11.4. The molecule has 0 saturated carbocycles. The summed E-state index contributed by atoms with van der Waals surface area (Å²) in [4.78, 5) is 12.1. The predicted octanol–water partition coefficient (Wildman–Crippen LogP) is 2.97. The van der Waals surface area contributed by atoms with E-state index in [-0.39, 0.29) is 24.8 Å². The van der Waals surface area contributed by atoms with Gasteiger partial charge in [-0.15, -0.1) is 0 Å². The van der Waals surface area contributed by atoms with E-state index in [1.54, 1.807) is 42.5 Å². The van der Waals surface area contributed by atoms with E-state index in [1.807, 2.05) is 30.3 Å². The van der Waals surface area contributed by atoms with Gasteiger partial charge in [-0.25, -0.2) is 4.79 Å². The zero-order valence-corrected chi connectivity index (χ0v) is 17.7. The summed E-state index contributed by atoms with van der Waals surface area (Å²) < 4.78 is 11.4. The highest BCUT2D eigenvalue weighted by atomic mass is 16.5. The van der Waals surface area contributed by atoms with Crippen LogP contribution in [0.25, 0.3) is 0 Å². The van der Waals surface area contributed by atoms with Crippen molar-refractivity contribution in [1.29, 1.82) is 0 Å². The largest absolute Gasteiger partial charge is 0.491 e. The van der Waals surface area contributed by atoms with Crippen molar-refractivity contribution in [3.05, 3.63) is 89.5 Å². The molecule has 0 heterocycles. The lowest BCUT2D eigenvalue weighted by Gasteiger charge is -2.20. The van der Waals surface area contributed by atoms with Crippen LogP contribution in [-0.2, 0) is 11.4 Å². The molecule has 1 atom stereocenters. The molecule has 0 radical (unpaired) electrons. The number of nitrogens with one attached hydrogen (secondary N) is 1. The summed E-state index contributed by atoms with van der Waals surface area (Å²) >= 11 is 0. The summed E-state index contributed by atoms with van der Waals surface area (Å²) in [7, 11) is 0. The first-order valence-corrected chi connectivity index (χ1v) is 10.1. The molecule has 0 amide bonds. The summed E-state index contributed by atoms with van der Waals surface area (Å²) in [5, 5.41) is 33.7. The highest BCUT2D eigenvalue weighted by molar-refractivity contribution is 5.97. The molecule has 9 heteroatoms. The monoisotopic (exact) mass is 451 g/mol. The van der Waals surface area contributed by atoms with Crippen molar-refractivity contribution in [3.8, 4) is 11.5 Å². The molecule has 0 bridgehead atoms. The predicted molar refractivity (Wildman–Crippen MR) is 123 cm³/mol. The molecule has 0 aromatic heterocycles. The maximum atomic E-state index is 12.1. The van der Waals surface area contributed by atoms with Gasteiger partial charge in [-0.2, -0.15) is 0 Å². The molecule has 1 unspecified atom stereocenters. The van der Waals surface area contributed by atoms with E-state index in [0.717, 1.165) is 5.56 Å². The number of hydrogen-bond acceptors (Lipinski definition) is 7. The molecule has 3 aromatic carbocycles. The Hall–Kier alpha value is -4.24. The Bertz CT molecular complexity index is 1090. The number of aliphatic carboxylic acids is 1. The van der Waals surface area contributed by atoms with Crippen LogP contribution < -0.4 is 20.5 Å². The Kier molecular flexibility index (Phi) is 8.09. The fourth-order valence-corrected chi connectivity index (χ4v) is 3.10. The topological polar surface area (TPSA) is 147 Å². The fraction of sp³-hybridized carbons (Fsp3) is 0.167. The first kappa shape index (κ1) is 23.4. The van der Waals surface area contributed by atoms with E-state index in [2.05, 4.69) is 10.5 Å². The maximum Gasteiger partial charge on any atom is 0.330 e. The van der Waals surface area contributed by atoms with Crippen molar-refractivity contribution in [2.24, 2.45) is 10.9 Å². The van der Waals surface area contributed by atoms with Crippen LogP contribution in [0.5, 0.6) is 11.5 Å². The van der Waals surface area contributed by atoms with Gasteiger partial charge in [0.2, 0.25) is 0 Å². The molecular formula is C24H25N3O6. The summed E-state index contributed by atoms with van der Waals surface area (Å²) in [5.74, 6) is -0.394. The van der Waals surface area contributed by atoms with Crippen molar-refractivity contribution in [3.63, 3.8) is 0 Å². The number of nitrogens with zero attached hydrogens (tertiary/aromatic N) is 1. The average Bonchev–Trinajstić information content (AvgIpc) is 2.85. The minimum atomic E-state index is -1.14. The maximum absolute atomic E-state index is 12.1. The molecule has 0 spiro atoms. The number of hydrogen-bond donors (Lipinski definition) is 5. The van der Waals surface area contributed by atoms with Gasteiger partial charge in [0, 0.05) is 22.9 Å². The third kappa shape index (κ3) is 6.37. The van der Waals surface area contributed by atoms with E-state index >= 15 is 0 Å². The average molecular weight is 451 g/mol. The number of benzene rings is 3. The van der Waals surface area contributed by atoms with Gasteiger partial charge in [0.1, 0.15) is 24.7 Å². The summed E-state index contributed by atoms with van der Waals surface area (Å²) in [5.41, 5.74) is 7.91. The first-order valence-electron chi connectivity index (χ1n) is 10.1. The Morgan fingerprint density at radius 2 is 1.76 bits per heavy atom. The number of rotatable bonds is 11. The highest BCUT2D eigenvalue weighted by Crippen LogP contribution is 2.32. The van der Waals surface area contributed by atoms with Crippen molar-refractivity contribution >= 4 is 17.5 Å². The third-order valence-corrected chi connectivity index (χ3v) is 4.74. The van der Waals surface area contributed by atoms with Crippen molar-refractivity contribution in [2.45, 2.75) is 12.6 Å². The number of aliphatic hydroxyl groups is 1. The number of carboxylic acids is 1. The lowest BCUT2D eigenvalue weighted by molar-refractivity contribution is -0.138. The van der Waals surface area contributed by atoms with Gasteiger partial charge in [0.15, 0.2) is 11.9 Å². The van der Waals surface area contributed by atoms with Crippen LogP contribution in [0, 0.1) is 0 Å². The molecular weight excluding hydrogens is 426 g/mol. The van der Waals surface area contributed by atoms with Gasteiger partial charge in [-0.1, -0.05) is 35.5 Å². The molecule has 0 aliphatic rings. The number of amidine groups is 1. The molecule has 6 N–H and O–H groups in total. The van der Waals surface area contributed by atoms with Crippen LogP contribution in [0.3, 0.4) is 0 Å². The molecule has 0 fully saturated rings. The van der Waals surface area contributed by atoms with E-state index in [4.69, 9.17) is 20.4 Å². The lowest BCUT2D eigenvalue weighted by atomic mass is 10.0. The zero-order chi connectivity index (χ0) is 23.6. The molecule has 0 aliphatic heterocycles. The van der Waals surface area contributed by atoms with E-state index in [0.29, 0.717) is 29.2 Å². The molecule has 33 heavy (non-hydrogen) atoms. The summed E-state index contributed by atoms with van der Waals surface area (Å²) in [6.45, 7) is 0.109. The summed E-state index contributed by atoms with van der Waals surface area (Å²) in [6.07, 6.45) is 0. The number of nitrogens with two attached hydrogens (primary N) is 1. The van der Waals surface area contributed by atoms with Gasteiger partial charge >= 0.3 is 5.97 Å². The molecule has 9 nitrogen and oxygen atoms in total. The van der Waals surface area contributed by atoms with E-state index in [1.165, 1.54) is 0 Å². The number of aliphatic hydroxyl groups excluding tert-OH is 1. The van der Waals surface area contributed by atoms with Crippen LogP contribution in [0.1, 0.15) is 22.7 Å². The van der Waals surface area contributed by atoms with Crippen LogP contribution in [0.4, 0.5) is 5.69 Å². The van der Waals surface area contributed by atoms with Crippen molar-refractivity contribution in [1.82, 2.24) is 0 Å². The van der Waals surface area contributed by atoms with E-state index < -0.39 is 12.0 Å². The van der Waals surface area contributed by atoms with Crippen molar-refractivity contribution in [2.75, 3.05) is 18.5 Å². The second-order valence-electron chi connectivity index (χ2n) is 7.02. The lowest BCUT2D eigenvalue weighted by Crippen LogP contribution is -2.22. The fourth-order valence-electron chi connectivity index (χ4n) is 3.10. The van der Waals surface area contributed by atoms with Gasteiger partial charge in [0.05, 0.1) is 6.61 Å². The van der Waals surface area contributed by atoms with Gasteiger partial charge in [-0.3, -0.25) is 0 Å². The normalized spacial score (nSPS) is 12.1. The van der Waals surface area contributed by atoms with Crippen LogP contribution in [0.15, 0.2) is 78.0 Å². The Balaban J connectivity index is 1.83. The van der Waals surface area contributed by atoms with Crippen LogP contribution >= 0.6 is 0 Å². The smallest absolute Gasteiger partial charge is 0.330 e. The molecule has 172 valence electrons. The minimum Gasteiger partial charge on any atom is -0.491 e. The first-order chi connectivity index (χ1) is 16.0.